The smallest absolute Gasteiger partial charge is 0.105 e. The van der Waals surface area contributed by atoms with Crippen LogP contribution in [-0.2, 0) is 6.42 Å². The predicted octanol–water partition coefficient (Wildman–Crippen LogP) is 4.24. The molecular formula is C15H18BrNO. The highest BCUT2D eigenvalue weighted by atomic mass is 79.9. The van der Waals surface area contributed by atoms with Gasteiger partial charge in [-0.3, -0.25) is 0 Å². The van der Waals surface area contributed by atoms with Crippen LogP contribution in [0.2, 0.25) is 0 Å². The Labute approximate surface area is 117 Å². The van der Waals surface area contributed by atoms with Crippen molar-refractivity contribution >= 4 is 15.9 Å². The molecule has 3 heteroatoms. The van der Waals surface area contributed by atoms with Gasteiger partial charge < -0.3 is 9.73 Å². The van der Waals surface area contributed by atoms with Gasteiger partial charge >= 0.3 is 0 Å². The SMILES string of the molecule is CCNC(Cc1ccco1)c1cc(C)cc(Br)c1. The van der Waals surface area contributed by atoms with Gasteiger partial charge in [0.15, 0.2) is 0 Å². The molecule has 0 fully saturated rings. The summed E-state index contributed by atoms with van der Waals surface area (Å²) in [6.45, 7) is 5.18. The second-order valence-corrected chi connectivity index (χ2v) is 5.37. The first-order valence-electron chi connectivity index (χ1n) is 6.22. The summed E-state index contributed by atoms with van der Waals surface area (Å²) < 4.78 is 6.57. The number of rotatable bonds is 5. The van der Waals surface area contributed by atoms with E-state index in [2.05, 4.69) is 53.3 Å². The normalized spacial score (nSPS) is 12.6. The number of hydrogen-bond acceptors (Lipinski definition) is 2. The van der Waals surface area contributed by atoms with Crippen LogP contribution in [0.3, 0.4) is 0 Å². The number of benzene rings is 1. The Hall–Kier alpha value is -1.06. The van der Waals surface area contributed by atoms with Crippen LogP contribution in [0.15, 0.2) is 45.5 Å². The van der Waals surface area contributed by atoms with E-state index in [0.29, 0.717) is 0 Å². The lowest BCUT2D eigenvalue weighted by Gasteiger charge is -2.18. The molecule has 18 heavy (non-hydrogen) atoms. The summed E-state index contributed by atoms with van der Waals surface area (Å²) in [5, 5.41) is 3.51. The Balaban J connectivity index is 2.23. The number of likely N-dealkylation sites (N-methyl/N-ethyl adjacent to an activating group) is 1. The highest BCUT2D eigenvalue weighted by molar-refractivity contribution is 9.10. The number of hydrogen-bond donors (Lipinski definition) is 1. The first kappa shape index (κ1) is 13.4. The first-order valence-corrected chi connectivity index (χ1v) is 7.01. The monoisotopic (exact) mass is 307 g/mol. The van der Waals surface area contributed by atoms with Crippen LogP contribution in [0.4, 0.5) is 0 Å². The molecule has 96 valence electrons. The maximum Gasteiger partial charge on any atom is 0.105 e. The number of aryl methyl sites for hydroxylation is 1. The van der Waals surface area contributed by atoms with Gasteiger partial charge in [0, 0.05) is 16.9 Å². The molecule has 1 heterocycles. The maximum atomic E-state index is 5.44. The van der Waals surface area contributed by atoms with Crippen LogP contribution < -0.4 is 5.32 Å². The van der Waals surface area contributed by atoms with Gasteiger partial charge in [0.05, 0.1) is 6.26 Å². The molecule has 2 nitrogen and oxygen atoms in total. The third kappa shape index (κ3) is 3.47. The van der Waals surface area contributed by atoms with Crippen molar-refractivity contribution in [3.63, 3.8) is 0 Å². The van der Waals surface area contributed by atoms with E-state index in [1.165, 1.54) is 11.1 Å². The van der Waals surface area contributed by atoms with E-state index in [0.717, 1.165) is 23.2 Å². The van der Waals surface area contributed by atoms with Crippen LogP contribution in [0.1, 0.15) is 29.9 Å². The van der Waals surface area contributed by atoms with Gasteiger partial charge in [-0.05, 0) is 48.9 Å². The van der Waals surface area contributed by atoms with E-state index >= 15 is 0 Å². The van der Waals surface area contributed by atoms with Crippen molar-refractivity contribution in [3.05, 3.63) is 58.0 Å². The molecule has 0 saturated heterocycles. The van der Waals surface area contributed by atoms with E-state index in [-0.39, 0.29) is 6.04 Å². The number of nitrogens with one attached hydrogen (secondary N) is 1. The van der Waals surface area contributed by atoms with E-state index in [1.807, 2.05) is 12.1 Å². The minimum atomic E-state index is 0.289. The molecule has 1 aromatic heterocycles. The van der Waals surface area contributed by atoms with Gasteiger partial charge in [0.2, 0.25) is 0 Å². The van der Waals surface area contributed by atoms with Gasteiger partial charge in [-0.2, -0.15) is 0 Å². The number of halogens is 1. The summed E-state index contributed by atoms with van der Waals surface area (Å²) in [6.07, 6.45) is 2.60. The average Bonchev–Trinajstić information content (AvgIpc) is 2.80. The van der Waals surface area contributed by atoms with Crippen molar-refractivity contribution in [2.24, 2.45) is 0 Å². The fourth-order valence-electron chi connectivity index (χ4n) is 2.15. The summed E-state index contributed by atoms with van der Waals surface area (Å²) in [5.41, 5.74) is 2.56. The molecule has 0 saturated carbocycles. The summed E-state index contributed by atoms with van der Waals surface area (Å²) in [7, 11) is 0. The lowest BCUT2D eigenvalue weighted by atomic mass is 10.0. The molecule has 2 rings (SSSR count). The summed E-state index contributed by atoms with van der Waals surface area (Å²) in [4.78, 5) is 0. The zero-order valence-corrected chi connectivity index (χ0v) is 12.3. The molecular weight excluding hydrogens is 290 g/mol. The minimum absolute atomic E-state index is 0.289. The lowest BCUT2D eigenvalue weighted by molar-refractivity contribution is 0.455. The fourth-order valence-corrected chi connectivity index (χ4v) is 2.78. The second kappa shape index (κ2) is 6.21. The molecule has 0 aliphatic heterocycles. The highest BCUT2D eigenvalue weighted by Crippen LogP contribution is 2.23. The predicted molar refractivity (Wildman–Crippen MR) is 77.7 cm³/mol. The Bertz CT molecular complexity index is 473. The topological polar surface area (TPSA) is 25.2 Å². The summed E-state index contributed by atoms with van der Waals surface area (Å²) in [6, 6.07) is 10.8. The van der Waals surface area contributed by atoms with Crippen LogP contribution >= 0.6 is 15.9 Å². The van der Waals surface area contributed by atoms with E-state index in [4.69, 9.17) is 4.42 Å². The van der Waals surface area contributed by atoms with Crippen LogP contribution in [0.5, 0.6) is 0 Å². The fraction of sp³-hybridized carbons (Fsp3) is 0.333. The van der Waals surface area contributed by atoms with E-state index in [9.17, 15) is 0 Å². The van der Waals surface area contributed by atoms with Crippen LogP contribution in [0.25, 0.3) is 0 Å². The van der Waals surface area contributed by atoms with Crippen molar-refractivity contribution in [2.75, 3.05) is 6.54 Å². The average molecular weight is 308 g/mol. The van der Waals surface area contributed by atoms with Crippen molar-refractivity contribution < 1.29 is 4.42 Å². The Morgan fingerprint density at radius 2 is 2.17 bits per heavy atom. The standard InChI is InChI=1S/C15H18BrNO/c1-3-17-15(10-14-5-4-6-18-14)12-7-11(2)8-13(16)9-12/h4-9,15,17H,3,10H2,1-2H3. The van der Waals surface area contributed by atoms with E-state index < -0.39 is 0 Å². The zero-order valence-electron chi connectivity index (χ0n) is 10.7. The van der Waals surface area contributed by atoms with Crippen LogP contribution in [0, 0.1) is 6.92 Å². The minimum Gasteiger partial charge on any atom is -0.469 e. The molecule has 0 aliphatic carbocycles. The summed E-state index contributed by atoms with van der Waals surface area (Å²) in [5.74, 6) is 1.01. The van der Waals surface area contributed by atoms with Crippen LogP contribution in [-0.4, -0.2) is 6.54 Å². The first-order chi connectivity index (χ1) is 8.69. The van der Waals surface area contributed by atoms with Crippen molar-refractivity contribution in [1.29, 1.82) is 0 Å². The van der Waals surface area contributed by atoms with E-state index in [1.54, 1.807) is 6.26 Å². The largest absolute Gasteiger partial charge is 0.469 e. The molecule has 1 unspecified atom stereocenters. The van der Waals surface area contributed by atoms with Gasteiger partial charge in [-0.1, -0.05) is 28.9 Å². The van der Waals surface area contributed by atoms with Crippen molar-refractivity contribution in [2.45, 2.75) is 26.3 Å². The zero-order chi connectivity index (χ0) is 13.0. The molecule has 1 atom stereocenters. The molecule has 0 bridgehead atoms. The molecule has 2 aromatic rings. The van der Waals surface area contributed by atoms with Crippen molar-refractivity contribution in [3.8, 4) is 0 Å². The third-order valence-electron chi connectivity index (χ3n) is 2.90. The van der Waals surface area contributed by atoms with Crippen molar-refractivity contribution in [1.82, 2.24) is 5.32 Å². The third-order valence-corrected chi connectivity index (χ3v) is 3.36. The van der Waals surface area contributed by atoms with Gasteiger partial charge in [0.25, 0.3) is 0 Å². The Kier molecular flexibility index (Phi) is 4.61. The number of furan rings is 1. The second-order valence-electron chi connectivity index (χ2n) is 4.46. The molecule has 1 N–H and O–H groups in total. The summed E-state index contributed by atoms with van der Waals surface area (Å²) >= 11 is 3.56. The molecule has 1 aromatic carbocycles. The quantitative estimate of drug-likeness (QED) is 0.893. The van der Waals surface area contributed by atoms with Gasteiger partial charge in [-0.15, -0.1) is 0 Å². The van der Waals surface area contributed by atoms with Gasteiger partial charge in [-0.25, -0.2) is 0 Å². The molecule has 0 radical (unpaired) electrons. The molecule has 0 aliphatic rings. The Morgan fingerprint density at radius 1 is 1.33 bits per heavy atom. The van der Waals surface area contributed by atoms with Gasteiger partial charge in [0.1, 0.15) is 5.76 Å². The highest BCUT2D eigenvalue weighted by Gasteiger charge is 2.13. The molecule has 0 amide bonds. The molecule has 0 spiro atoms. The Morgan fingerprint density at radius 3 is 2.78 bits per heavy atom. The maximum absolute atomic E-state index is 5.44. The lowest BCUT2D eigenvalue weighted by Crippen LogP contribution is -2.22.